The van der Waals surface area contributed by atoms with Gasteiger partial charge in [-0.1, -0.05) is 42.0 Å². The minimum absolute atomic E-state index is 0.000450. The van der Waals surface area contributed by atoms with Gasteiger partial charge < -0.3 is 5.11 Å². The molecule has 0 heterocycles. The molecule has 1 N–H and O–H groups in total. The predicted molar refractivity (Wildman–Crippen MR) is 80.2 cm³/mol. The smallest absolute Gasteiger partial charge is 0.336 e. The fourth-order valence-corrected chi connectivity index (χ4v) is 1.93. The van der Waals surface area contributed by atoms with Gasteiger partial charge in [-0.15, -0.1) is 0 Å². The van der Waals surface area contributed by atoms with Crippen LogP contribution in [0.3, 0.4) is 0 Å². The molecule has 106 valence electrons. The van der Waals surface area contributed by atoms with Gasteiger partial charge in [0.25, 0.3) is 5.69 Å². The number of carbonyl (C=O) groups is 1. The Morgan fingerprint density at radius 2 is 1.95 bits per heavy atom. The van der Waals surface area contributed by atoms with E-state index in [9.17, 15) is 20.0 Å². The minimum Gasteiger partial charge on any atom is -0.478 e. The number of carboxylic acids is 1. The molecule has 5 nitrogen and oxygen atoms in total. The van der Waals surface area contributed by atoms with Crippen LogP contribution in [-0.4, -0.2) is 16.0 Å². The molecule has 0 aliphatic carbocycles. The van der Waals surface area contributed by atoms with Crippen molar-refractivity contribution < 1.29 is 14.8 Å². The largest absolute Gasteiger partial charge is 0.478 e. The monoisotopic (exact) mass is 283 g/mol. The number of carboxylic acid groups (broad SMARTS) is 1. The van der Waals surface area contributed by atoms with Crippen LogP contribution >= 0.6 is 0 Å². The second kappa shape index (κ2) is 6.00. The van der Waals surface area contributed by atoms with E-state index in [4.69, 9.17) is 0 Å². The van der Waals surface area contributed by atoms with E-state index in [1.54, 1.807) is 36.4 Å². The van der Waals surface area contributed by atoms with Crippen molar-refractivity contribution in [3.05, 3.63) is 74.8 Å². The second-order valence-corrected chi connectivity index (χ2v) is 4.58. The first-order chi connectivity index (χ1) is 9.97. The highest BCUT2D eigenvalue weighted by atomic mass is 16.6. The molecule has 0 bridgehead atoms. The summed E-state index contributed by atoms with van der Waals surface area (Å²) < 4.78 is 0. The number of rotatable bonds is 4. The summed E-state index contributed by atoms with van der Waals surface area (Å²) in [4.78, 5) is 21.5. The van der Waals surface area contributed by atoms with E-state index in [0.29, 0.717) is 11.1 Å². The third-order valence-corrected chi connectivity index (χ3v) is 2.98. The van der Waals surface area contributed by atoms with Crippen molar-refractivity contribution in [1.82, 2.24) is 0 Å². The Morgan fingerprint density at radius 1 is 1.19 bits per heavy atom. The second-order valence-electron chi connectivity index (χ2n) is 4.58. The van der Waals surface area contributed by atoms with Crippen molar-refractivity contribution in [3.8, 4) is 0 Å². The Morgan fingerprint density at radius 3 is 2.62 bits per heavy atom. The molecule has 0 aliphatic heterocycles. The van der Waals surface area contributed by atoms with Crippen LogP contribution in [-0.2, 0) is 0 Å². The van der Waals surface area contributed by atoms with E-state index in [-0.39, 0.29) is 11.3 Å². The zero-order chi connectivity index (χ0) is 15.4. The average molecular weight is 283 g/mol. The zero-order valence-electron chi connectivity index (χ0n) is 11.3. The number of benzene rings is 2. The molecule has 2 rings (SSSR count). The molecular weight excluding hydrogens is 270 g/mol. The van der Waals surface area contributed by atoms with Gasteiger partial charge in [-0.25, -0.2) is 4.79 Å². The molecule has 0 spiro atoms. The number of hydrogen-bond donors (Lipinski definition) is 1. The topological polar surface area (TPSA) is 80.4 Å². The van der Waals surface area contributed by atoms with Crippen LogP contribution in [0.5, 0.6) is 0 Å². The first-order valence-electron chi connectivity index (χ1n) is 6.24. The summed E-state index contributed by atoms with van der Waals surface area (Å²) in [7, 11) is 0. The quantitative estimate of drug-likeness (QED) is 0.526. The number of nitro groups is 1. The Kier molecular flexibility index (Phi) is 4.13. The van der Waals surface area contributed by atoms with Crippen LogP contribution < -0.4 is 0 Å². The summed E-state index contributed by atoms with van der Waals surface area (Å²) in [6.07, 6.45) is 3.30. The lowest BCUT2D eigenvalue weighted by atomic mass is 10.0. The van der Waals surface area contributed by atoms with E-state index < -0.39 is 10.9 Å². The number of nitro benzene ring substituents is 1. The van der Waals surface area contributed by atoms with Gasteiger partial charge in [0.15, 0.2) is 0 Å². The highest BCUT2D eigenvalue weighted by molar-refractivity contribution is 5.93. The van der Waals surface area contributed by atoms with Gasteiger partial charge in [0.2, 0.25) is 0 Å². The number of non-ortho nitro benzene ring substituents is 1. The molecule has 2 aromatic rings. The van der Waals surface area contributed by atoms with Crippen molar-refractivity contribution >= 4 is 23.8 Å². The molecular formula is C16H13NO4. The summed E-state index contributed by atoms with van der Waals surface area (Å²) in [5, 5.41) is 19.9. The van der Waals surface area contributed by atoms with Gasteiger partial charge in [0.1, 0.15) is 0 Å². The SMILES string of the molecule is Cc1ccc(/C=C/c2cccc([N+](=O)[O-])c2)c(C(=O)O)c1. The highest BCUT2D eigenvalue weighted by Crippen LogP contribution is 2.18. The molecule has 0 atom stereocenters. The van der Waals surface area contributed by atoms with Crippen LogP contribution in [0.25, 0.3) is 12.2 Å². The Labute approximate surface area is 121 Å². The molecule has 0 amide bonds. The summed E-state index contributed by atoms with van der Waals surface area (Å²) in [6.45, 7) is 1.82. The first-order valence-corrected chi connectivity index (χ1v) is 6.24. The molecule has 21 heavy (non-hydrogen) atoms. The zero-order valence-corrected chi connectivity index (χ0v) is 11.3. The maximum absolute atomic E-state index is 11.2. The van der Waals surface area contributed by atoms with Crippen LogP contribution in [0.1, 0.15) is 27.0 Å². The molecule has 0 radical (unpaired) electrons. The van der Waals surface area contributed by atoms with Crippen molar-refractivity contribution in [2.75, 3.05) is 0 Å². The average Bonchev–Trinajstić information content (AvgIpc) is 2.46. The Hall–Kier alpha value is -2.95. The molecule has 0 unspecified atom stereocenters. The molecule has 0 aromatic heterocycles. The van der Waals surface area contributed by atoms with Gasteiger partial charge in [-0.2, -0.15) is 0 Å². The number of aromatic carboxylic acids is 1. The molecule has 0 saturated heterocycles. The third kappa shape index (κ3) is 3.54. The number of nitrogens with zero attached hydrogens (tertiary/aromatic N) is 1. The molecule has 0 fully saturated rings. The molecule has 0 saturated carbocycles. The number of aryl methyl sites for hydroxylation is 1. The first kappa shape index (κ1) is 14.5. The molecule has 2 aromatic carbocycles. The standard InChI is InChI=1S/C16H13NO4/c1-11-5-7-13(15(9-11)16(18)19)8-6-12-3-2-4-14(10-12)17(20)21/h2-10H,1H3,(H,18,19)/b8-6+. The normalized spacial score (nSPS) is 10.7. The van der Waals surface area contributed by atoms with E-state index in [1.807, 2.05) is 13.0 Å². The fourth-order valence-electron chi connectivity index (χ4n) is 1.93. The lowest BCUT2D eigenvalue weighted by molar-refractivity contribution is -0.384. The highest BCUT2D eigenvalue weighted by Gasteiger charge is 2.08. The van der Waals surface area contributed by atoms with Gasteiger partial charge in [-0.3, -0.25) is 10.1 Å². The maximum atomic E-state index is 11.2. The van der Waals surface area contributed by atoms with Crippen LogP contribution in [0.15, 0.2) is 42.5 Å². The lowest BCUT2D eigenvalue weighted by Gasteiger charge is -2.02. The van der Waals surface area contributed by atoms with Crippen molar-refractivity contribution in [2.24, 2.45) is 0 Å². The van der Waals surface area contributed by atoms with Crippen molar-refractivity contribution in [1.29, 1.82) is 0 Å². The van der Waals surface area contributed by atoms with Crippen molar-refractivity contribution in [3.63, 3.8) is 0 Å². The maximum Gasteiger partial charge on any atom is 0.336 e. The van der Waals surface area contributed by atoms with Gasteiger partial charge in [0.05, 0.1) is 10.5 Å². The van der Waals surface area contributed by atoms with E-state index in [2.05, 4.69) is 0 Å². The number of hydrogen-bond acceptors (Lipinski definition) is 3. The van der Waals surface area contributed by atoms with E-state index in [0.717, 1.165) is 5.56 Å². The summed E-state index contributed by atoms with van der Waals surface area (Å²) in [5.74, 6) is -1.00. The van der Waals surface area contributed by atoms with Gasteiger partial charge in [-0.05, 0) is 24.1 Å². The third-order valence-electron chi connectivity index (χ3n) is 2.98. The summed E-state index contributed by atoms with van der Waals surface area (Å²) in [5.41, 5.74) is 2.26. The van der Waals surface area contributed by atoms with E-state index >= 15 is 0 Å². The summed E-state index contributed by atoms with van der Waals surface area (Å²) in [6, 6.07) is 11.3. The molecule has 0 aliphatic rings. The predicted octanol–water partition coefficient (Wildman–Crippen LogP) is 3.77. The van der Waals surface area contributed by atoms with E-state index in [1.165, 1.54) is 12.1 Å². The summed E-state index contributed by atoms with van der Waals surface area (Å²) >= 11 is 0. The van der Waals surface area contributed by atoms with Crippen molar-refractivity contribution in [2.45, 2.75) is 6.92 Å². The lowest BCUT2D eigenvalue weighted by Crippen LogP contribution is -1.99. The van der Waals surface area contributed by atoms with Crippen LogP contribution in [0.4, 0.5) is 5.69 Å². The van der Waals surface area contributed by atoms with Crippen LogP contribution in [0, 0.1) is 17.0 Å². The molecule has 5 heteroatoms. The Bertz CT molecular complexity index is 735. The van der Waals surface area contributed by atoms with Gasteiger partial charge >= 0.3 is 5.97 Å². The minimum atomic E-state index is -1.00. The van der Waals surface area contributed by atoms with Gasteiger partial charge in [0, 0.05) is 12.1 Å². The Balaban J connectivity index is 2.35. The fraction of sp³-hybridized carbons (Fsp3) is 0.0625. The van der Waals surface area contributed by atoms with Crippen LogP contribution in [0.2, 0.25) is 0 Å².